The number of carbonyl (C=O) groups excluding carboxylic acids is 1. The van der Waals surface area contributed by atoms with E-state index in [4.69, 9.17) is 4.42 Å². The fraction of sp³-hybridized carbons (Fsp3) is 0.409. The van der Waals surface area contributed by atoms with Crippen molar-refractivity contribution in [1.82, 2.24) is 29.5 Å². The summed E-state index contributed by atoms with van der Waals surface area (Å²) < 4.78 is 34.0. The number of hydrogen-bond donors (Lipinski definition) is 0. The first-order valence-electron chi connectivity index (χ1n) is 10.7. The number of aryl methyl sites for hydroxylation is 1. The molecule has 6 rings (SSSR count). The number of aromatic nitrogens is 5. The van der Waals surface area contributed by atoms with Gasteiger partial charge in [0, 0.05) is 30.5 Å². The number of benzene rings is 1. The predicted octanol–water partition coefficient (Wildman–Crippen LogP) is 4.06. The Morgan fingerprint density at radius 2 is 2.00 bits per heavy atom. The number of fused-ring (bicyclic) bond motifs is 4. The summed E-state index contributed by atoms with van der Waals surface area (Å²) in [5.74, 6) is 0.512. The van der Waals surface area contributed by atoms with E-state index in [1.165, 1.54) is 16.9 Å². The summed E-state index contributed by atoms with van der Waals surface area (Å²) in [5.41, 5.74) is 2.16. The molecule has 4 aromatic rings. The van der Waals surface area contributed by atoms with Crippen LogP contribution in [0.4, 0.5) is 8.78 Å². The zero-order chi connectivity index (χ0) is 22.0. The summed E-state index contributed by atoms with van der Waals surface area (Å²) in [4.78, 5) is 27.8. The first-order chi connectivity index (χ1) is 15.5. The average molecular weight is 438 g/mol. The zero-order valence-electron chi connectivity index (χ0n) is 17.3. The lowest BCUT2D eigenvalue weighted by Crippen LogP contribution is -2.47. The Balaban J connectivity index is 1.39. The topological polar surface area (TPSA) is 89.4 Å². The van der Waals surface area contributed by atoms with Crippen molar-refractivity contribution >= 4 is 22.8 Å². The molecule has 164 valence electrons. The lowest BCUT2D eigenvalue weighted by Gasteiger charge is -2.40. The molecule has 10 heteroatoms. The maximum Gasteiger partial charge on any atom is 0.280 e. The highest BCUT2D eigenvalue weighted by Crippen LogP contribution is 2.45. The zero-order valence-corrected chi connectivity index (χ0v) is 17.3. The van der Waals surface area contributed by atoms with E-state index in [1.807, 2.05) is 4.90 Å². The fourth-order valence-corrected chi connectivity index (χ4v) is 5.37. The lowest BCUT2D eigenvalue weighted by molar-refractivity contribution is 0.0554. The van der Waals surface area contributed by atoms with E-state index in [9.17, 15) is 13.6 Å². The first-order valence-corrected chi connectivity index (χ1v) is 10.7. The van der Waals surface area contributed by atoms with E-state index >= 15 is 0 Å². The summed E-state index contributed by atoms with van der Waals surface area (Å²) in [5, 5.41) is 4.22. The minimum Gasteiger partial charge on any atom is -0.441 e. The standard InChI is InChI=1S/C22H20F2N6O2/c1-11-27-15-8-12(2-7-19(15)32-11)21(31)29-13-3-5-14(17(29)6-4-13)18-9-16(20(23)24)28-22-25-10-26-30(18)22/h2,7-10,13-14,17,20H,3-6H2,1H3/t13-,14-,17-/m0/s1. The number of amides is 1. The fourth-order valence-electron chi connectivity index (χ4n) is 5.37. The molecular formula is C22H20F2N6O2. The summed E-state index contributed by atoms with van der Waals surface area (Å²) >= 11 is 0. The molecule has 1 aromatic carbocycles. The Kier molecular flexibility index (Phi) is 4.24. The minimum absolute atomic E-state index is 0.0669. The third-order valence-corrected chi connectivity index (χ3v) is 6.70. The molecule has 2 aliphatic heterocycles. The van der Waals surface area contributed by atoms with Crippen LogP contribution in [0.3, 0.4) is 0 Å². The molecule has 2 fully saturated rings. The Morgan fingerprint density at radius 1 is 1.16 bits per heavy atom. The highest BCUT2D eigenvalue weighted by atomic mass is 19.3. The van der Waals surface area contributed by atoms with Gasteiger partial charge in [-0.15, -0.1) is 0 Å². The predicted molar refractivity (Wildman–Crippen MR) is 109 cm³/mol. The van der Waals surface area contributed by atoms with E-state index in [1.54, 1.807) is 25.1 Å². The maximum absolute atomic E-state index is 13.6. The lowest BCUT2D eigenvalue weighted by atomic mass is 9.86. The number of nitrogens with zero attached hydrogens (tertiary/aromatic N) is 6. The average Bonchev–Trinajstić information content (AvgIpc) is 3.47. The summed E-state index contributed by atoms with van der Waals surface area (Å²) in [7, 11) is 0. The van der Waals surface area contributed by atoms with Gasteiger partial charge in [0.25, 0.3) is 18.1 Å². The van der Waals surface area contributed by atoms with E-state index in [0.29, 0.717) is 28.2 Å². The number of oxazole rings is 1. The third kappa shape index (κ3) is 2.89. The molecule has 0 saturated carbocycles. The highest BCUT2D eigenvalue weighted by Gasteiger charge is 2.46. The monoisotopic (exact) mass is 438 g/mol. The summed E-state index contributed by atoms with van der Waals surface area (Å²) in [6.45, 7) is 1.77. The van der Waals surface area contributed by atoms with Crippen LogP contribution in [0.2, 0.25) is 0 Å². The van der Waals surface area contributed by atoms with Gasteiger partial charge in [-0.25, -0.2) is 23.3 Å². The Morgan fingerprint density at radius 3 is 2.84 bits per heavy atom. The molecule has 3 atom stereocenters. The molecule has 0 aliphatic carbocycles. The van der Waals surface area contributed by atoms with Gasteiger partial charge in [0.05, 0.1) is 5.69 Å². The second-order valence-corrected chi connectivity index (χ2v) is 8.49. The van der Waals surface area contributed by atoms with Crippen molar-refractivity contribution in [1.29, 1.82) is 0 Å². The number of halogens is 2. The van der Waals surface area contributed by atoms with Crippen LogP contribution in [0.25, 0.3) is 16.9 Å². The quantitative estimate of drug-likeness (QED) is 0.479. The van der Waals surface area contributed by atoms with Gasteiger partial charge in [-0.1, -0.05) is 0 Å². The second kappa shape index (κ2) is 7.04. The van der Waals surface area contributed by atoms with Crippen LogP contribution in [-0.4, -0.2) is 47.5 Å². The molecule has 2 saturated heterocycles. The molecule has 0 N–H and O–H groups in total. The highest BCUT2D eigenvalue weighted by molar-refractivity contribution is 5.97. The van der Waals surface area contributed by atoms with Crippen molar-refractivity contribution < 1.29 is 18.0 Å². The van der Waals surface area contributed by atoms with Crippen LogP contribution in [0, 0.1) is 6.92 Å². The Labute approximate surface area is 181 Å². The number of hydrogen-bond acceptors (Lipinski definition) is 6. The number of carbonyl (C=O) groups is 1. The SMILES string of the molecule is Cc1nc2cc(C(=O)N3[C@H]4CC[C@H](c5cc(C(F)F)nc6ncnn56)[C@@H]3CC4)ccc2o1. The van der Waals surface area contributed by atoms with Gasteiger partial charge in [-0.3, -0.25) is 4.79 Å². The number of piperidine rings is 1. The molecule has 2 bridgehead atoms. The molecule has 5 heterocycles. The van der Waals surface area contributed by atoms with Gasteiger partial charge >= 0.3 is 0 Å². The number of alkyl halides is 2. The molecule has 0 spiro atoms. The normalized spacial score (nSPS) is 23.0. The molecule has 2 aliphatic rings. The van der Waals surface area contributed by atoms with Crippen molar-refractivity contribution in [3.05, 3.63) is 53.4 Å². The van der Waals surface area contributed by atoms with Crippen LogP contribution in [0.5, 0.6) is 0 Å². The van der Waals surface area contributed by atoms with Crippen molar-refractivity contribution in [2.75, 3.05) is 0 Å². The molecule has 8 nitrogen and oxygen atoms in total. The molecule has 3 aromatic heterocycles. The Hall–Kier alpha value is -3.43. The van der Waals surface area contributed by atoms with Crippen LogP contribution in [-0.2, 0) is 0 Å². The molecule has 1 amide bonds. The van der Waals surface area contributed by atoms with Crippen LogP contribution in [0.1, 0.15) is 65.7 Å². The Bertz CT molecular complexity index is 1350. The van der Waals surface area contributed by atoms with E-state index in [2.05, 4.69) is 20.1 Å². The third-order valence-electron chi connectivity index (χ3n) is 6.70. The first kappa shape index (κ1) is 19.3. The van der Waals surface area contributed by atoms with Gasteiger partial charge in [-0.2, -0.15) is 10.1 Å². The summed E-state index contributed by atoms with van der Waals surface area (Å²) in [6, 6.07) is 6.74. The van der Waals surface area contributed by atoms with Gasteiger partial charge in [0.2, 0.25) is 0 Å². The van der Waals surface area contributed by atoms with Crippen molar-refractivity contribution in [2.45, 2.75) is 57.0 Å². The van der Waals surface area contributed by atoms with Crippen molar-refractivity contribution in [3.63, 3.8) is 0 Å². The molecule has 0 radical (unpaired) electrons. The van der Waals surface area contributed by atoms with E-state index in [-0.39, 0.29) is 35.4 Å². The molecular weight excluding hydrogens is 418 g/mol. The molecule has 0 unspecified atom stereocenters. The summed E-state index contributed by atoms with van der Waals surface area (Å²) in [6.07, 6.45) is 1.92. The van der Waals surface area contributed by atoms with Gasteiger partial charge in [-0.05, 0) is 49.9 Å². The van der Waals surface area contributed by atoms with Crippen molar-refractivity contribution in [2.24, 2.45) is 0 Å². The van der Waals surface area contributed by atoms with Crippen LogP contribution >= 0.6 is 0 Å². The number of rotatable bonds is 3. The van der Waals surface area contributed by atoms with E-state index < -0.39 is 6.43 Å². The van der Waals surface area contributed by atoms with Crippen LogP contribution < -0.4 is 0 Å². The van der Waals surface area contributed by atoms with Gasteiger partial charge < -0.3 is 9.32 Å². The second-order valence-electron chi connectivity index (χ2n) is 8.49. The smallest absolute Gasteiger partial charge is 0.280 e. The van der Waals surface area contributed by atoms with E-state index in [0.717, 1.165) is 25.7 Å². The largest absolute Gasteiger partial charge is 0.441 e. The van der Waals surface area contributed by atoms with Gasteiger partial charge in [0.15, 0.2) is 11.5 Å². The van der Waals surface area contributed by atoms with Gasteiger partial charge in [0.1, 0.15) is 17.5 Å². The van der Waals surface area contributed by atoms with Crippen molar-refractivity contribution in [3.8, 4) is 0 Å². The van der Waals surface area contributed by atoms with Crippen LogP contribution in [0.15, 0.2) is 35.0 Å². The molecule has 32 heavy (non-hydrogen) atoms. The maximum atomic E-state index is 13.6. The minimum atomic E-state index is -2.70.